The monoisotopic (exact) mass is 215 g/mol. The molecule has 2 rings (SSSR count). The van der Waals surface area contributed by atoms with Gasteiger partial charge in [-0.05, 0) is 42.3 Å². The van der Waals surface area contributed by atoms with Crippen LogP contribution in [0.3, 0.4) is 0 Å². The second kappa shape index (κ2) is 4.79. The highest BCUT2D eigenvalue weighted by Gasteiger charge is 1.99. The summed E-state index contributed by atoms with van der Waals surface area (Å²) in [6, 6.07) is 15.0. The maximum absolute atomic E-state index is 12.9. The maximum atomic E-state index is 12.9. The van der Waals surface area contributed by atoms with Gasteiger partial charge in [0.05, 0.1) is 0 Å². The zero-order valence-electron chi connectivity index (χ0n) is 9.03. The number of hydrogen-bond donors (Lipinski definition) is 0. The SMILES string of the molecule is Cc1[c]cccc1OCc1cccc(F)c1. The first-order valence-corrected chi connectivity index (χ1v) is 5.10. The van der Waals surface area contributed by atoms with E-state index in [0.717, 1.165) is 16.9 Å². The zero-order valence-corrected chi connectivity index (χ0v) is 9.03. The van der Waals surface area contributed by atoms with E-state index in [1.165, 1.54) is 12.1 Å². The zero-order chi connectivity index (χ0) is 11.4. The van der Waals surface area contributed by atoms with Crippen LogP contribution in [0.25, 0.3) is 0 Å². The van der Waals surface area contributed by atoms with E-state index in [2.05, 4.69) is 6.07 Å². The summed E-state index contributed by atoms with van der Waals surface area (Å²) in [4.78, 5) is 0. The Morgan fingerprint density at radius 2 is 2.12 bits per heavy atom. The molecular weight excluding hydrogens is 203 g/mol. The van der Waals surface area contributed by atoms with Crippen molar-refractivity contribution < 1.29 is 9.13 Å². The molecule has 0 fully saturated rings. The fourth-order valence-electron chi connectivity index (χ4n) is 1.45. The lowest BCUT2D eigenvalue weighted by Crippen LogP contribution is -1.97. The average Bonchev–Trinajstić information content (AvgIpc) is 2.28. The predicted octanol–water partition coefficient (Wildman–Crippen LogP) is 3.51. The molecule has 0 saturated heterocycles. The average molecular weight is 215 g/mol. The summed E-state index contributed by atoms with van der Waals surface area (Å²) in [5.74, 6) is 0.546. The third-order valence-corrected chi connectivity index (χ3v) is 2.30. The van der Waals surface area contributed by atoms with Crippen molar-refractivity contribution in [2.45, 2.75) is 13.5 Å². The number of benzene rings is 2. The van der Waals surface area contributed by atoms with Crippen molar-refractivity contribution in [2.75, 3.05) is 0 Å². The van der Waals surface area contributed by atoms with Crippen molar-refractivity contribution in [1.29, 1.82) is 0 Å². The van der Waals surface area contributed by atoms with E-state index < -0.39 is 0 Å². The van der Waals surface area contributed by atoms with E-state index in [1.54, 1.807) is 6.07 Å². The van der Waals surface area contributed by atoms with Gasteiger partial charge >= 0.3 is 0 Å². The molecule has 2 heteroatoms. The summed E-state index contributed by atoms with van der Waals surface area (Å²) in [5.41, 5.74) is 1.78. The molecule has 0 unspecified atom stereocenters. The standard InChI is InChI=1S/C14H12FO/c1-11-5-2-3-8-14(11)16-10-12-6-4-7-13(15)9-12/h2-4,6-9H,10H2,1H3. The number of ether oxygens (including phenoxy) is 1. The second-order valence-corrected chi connectivity index (χ2v) is 3.58. The van der Waals surface area contributed by atoms with E-state index >= 15 is 0 Å². The van der Waals surface area contributed by atoms with Crippen LogP contribution in [0.4, 0.5) is 4.39 Å². The molecule has 1 radical (unpaired) electrons. The van der Waals surface area contributed by atoms with Gasteiger partial charge in [-0.3, -0.25) is 0 Å². The van der Waals surface area contributed by atoms with Crippen LogP contribution in [0, 0.1) is 18.8 Å². The Morgan fingerprint density at radius 3 is 2.88 bits per heavy atom. The summed E-state index contributed by atoms with van der Waals surface area (Å²) in [5, 5.41) is 0. The van der Waals surface area contributed by atoms with Gasteiger partial charge < -0.3 is 4.74 Å². The lowest BCUT2D eigenvalue weighted by atomic mass is 10.2. The maximum Gasteiger partial charge on any atom is 0.123 e. The number of rotatable bonds is 3. The van der Waals surface area contributed by atoms with E-state index in [9.17, 15) is 4.39 Å². The van der Waals surface area contributed by atoms with E-state index in [1.807, 2.05) is 31.2 Å². The molecule has 0 saturated carbocycles. The van der Waals surface area contributed by atoms with E-state index in [4.69, 9.17) is 4.74 Å². The molecule has 16 heavy (non-hydrogen) atoms. The molecule has 0 spiro atoms. The van der Waals surface area contributed by atoms with E-state index in [-0.39, 0.29) is 5.82 Å². The lowest BCUT2D eigenvalue weighted by Gasteiger charge is -2.08. The van der Waals surface area contributed by atoms with Gasteiger partial charge in [-0.25, -0.2) is 4.39 Å². The third-order valence-electron chi connectivity index (χ3n) is 2.30. The van der Waals surface area contributed by atoms with Crippen LogP contribution in [0.1, 0.15) is 11.1 Å². The Hall–Kier alpha value is -1.83. The van der Waals surface area contributed by atoms with Crippen LogP contribution in [-0.4, -0.2) is 0 Å². The van der Waals surface area contributed by atoms with Crippen molar-refractivity contribution in [3.05, 3.63) is 65.5 Å². The van der Waals surface area contributed by atoms with Crippen LogP contribution in [0.5, 0.6) is 5.75 Å². The van der Waals surface area contributed by atoms with Crippen LogP contribution < -0.4 is 4.74 Å². The molecule has 2 aromatic carbocycles. The van der Waals surface area contributed by atoms with Crippen molar-refractivity contribution in [1.82, 2.24) is 0 Å². The second-order valence-electron chi connectivity index (χ2n) is 3.58. The number of halogens is 1. The Bertz CT molecular complexity index is 480. The molecule has 0 aliphatic rings. The molecule has 0 aliphatic carbocycles. The minimum absolute atomic E-state index is 0.238. The molecule has 0 bridgehead atoms. The number of hydrogen-bond acceptors (Lipinski definition) is 1. The van der Waals surface area contributed by atoms with Gasteiger partial charge in [0.25, 0.3) is 0 Å². The molecule has 0 amide bonds. The van der Waals surface area contributed by atoms with Gasteiger partial charge in [0, 0.05) is 0 Å². The van der Waals surface area contributed by atoms with Crippen LogP contribution >= 0.6 is 0 Å². The number of aryl methyl sites for hydroxylation is 1. The van der Waals surface area contributed by atoms with Gasteiger partial charge in [-0.2, -0.15) is 0 Å². The molecule has 0 aromatic heterocycles. The molecule has 0 aliphatic heterocycles. The minimum atomic E-state index is -0.238. The Kier molecular flexibility index (Phi) is 3.20. The third kappa shape index (κ3) is 2.60. The fourth-order valence-corrected chi connectivity index (χ4v) is 1.45. The fraction of sp³-hybridized carbons (Fsp3) is 0.143. The highest BCUT2D eigenvalue weighted by Crippen LogP contribution is 2.17. The van der Waals surface area contributed by atoms with Crippen molar-refractivity contribution in [2.24, 2.45) is 0 Å². The van der Waals surface area contributed by atoms with E-state index in [0.29, 0.717) is 6.61 Å². The first-order valence-electron chi connectivity index (χ1n) is 5.10. The van der Waals surface area contributed by atoms with Gasteiger partial charge in [0.2, 0.25) is 0 Å². The molecular formula is C14H12FO. The Morgan fingerprint density at radius 1 is 1.25 bits per heavy atom. The Balaban J connectivity index is 2.05. The normalized spacial score (nSPS) is 10.1. The van der Waals surface area contributed by atoms with Crippen LogP contribution in [0.15, 0.2) is 42.5 Å². The molecule has 0 atom stereocenters. The van der Waals surface area contributed by atoms with Crippen molar-refractivity contribution >= 4 is 0 Å². The quantitative estimate of drug-likeness (QED) is 0.761. The molecule has 1 nitrogen and oxygen atoms in total. The molecule has 81 valence electrons. The largest absolute Gasteiger partial charge is 0.489 e. The van der Waals surface area contributed by atoms with Gasteiger partial charge in [-0.1, -0.05) is 24.3 Å². The Labute approximate surface area is 94.5 Å². The highest BCUT2D eigenvalue weighted by atomic mass is 19.1. The summed E-state index contributed by atoms with van der Waals surface area (Å²) in [6.07, 6.45) is 0. The first kappa shape index (κ1) is 10.7. The summed E-state index contributed by atoms with van der Waals surface area (Å²) < 4.78 is 18.5. The van der Waals surface area contributed by atoms with Gasteiger partial charge in [0.15, 0.2) is 0 Å². The molecule has 0 heterocycles. The van der Waals surface area contributed by atoms with Crippen molar-refractivity contribution in [3.63, 3.8) is 0 Å². The topological polar surface area (TPSA) is 9.23 Å². The summed E-state index contributed by atoms with van der Waals surface area (Å²) in [7, 11) is 0. The first-order chi connectivity index (χ1) is 7.75. The van der Waals surface area contributed by atoms with Gasteiger partial charge in [-0.15, -0.1) is 0 Å². The van der Waals surface area contributed by atoms with Crippen molar-refractivity contribution in [3.8, 4) is 5.75 Å². The van der Waals surface area contributed by atoms with Crippen LogP contribution in [0.2, 0.25) is 0 Å². The van der Waals surface area contributed by atoms with Crippen LogP contribution in [-0.2, 0) is 6.61 Å². The smallest absolute Gasteiger partial charge is 0.123 e. The summed E-state index contributed by atoms with van der Waals surface area (Å²) >= 11 is 0. The predicted molar refractivity (Wildman–Crippen MR) is 60.7 cm³/mol. The highest BCUT2D eigenvalue weighted by molar-refractivity contribution is 5.31. The molecule has 2 aromatic rings. The molecule has 0 N–H and O–H groups in total. The lowest BCUT2D eigenvalue weighted by molar-refractivity contribution is 0.303. The minimum Gasteiger partial charge on any atom is -0.489 e. The summed E-state index contributed by atoms with van der Waals surface area (Å²) in [6.45, 7) is 2.30. The van der Waals surface area contributed by atoms with Gasteiger partial charge in [0.1, 0.15) is 18.2 Å².